The number of hydrogen-bond donors (Lipinski definition) is 4. The Balaban J connectivity index is 1.62. The molecule has 1 fully saturated rings. The number of pyridine rings is 1. The average molecular weight is 769 g/mol. The van der Waals surface area contributed by atoms with Crippen molar-refractivity contribution in [2.75, 3.05) is 27.3 Å². The quantitative estimate of drug-likeness (QED) is 0.0906. The van der Waals surface area contributed by atoms with Crippen molar-refractivity contribution in [2.24, 2.45) is 11.3 Å². The van der Waals surface area contributed by atoms with Gasteiger partial charge in [-0.05, 0) is 112 Å². The van der Waals surface area contributed by atoms with E-state index in [1.807, 2.05) is 45.9 Å². The summed E-state index contributed by atoms with van der Waals surface area (Å²) in [4.78, 5) is 43.6. The Morgan fingerprint density at radius 3 is 2.55 bits per heavy atom. The number of aromatic hydroxyl groups is 1. The molecule has 0 radical (unpaired) electrons. The molecule has 2 aromatic heterocycles. The molecule has 12 heteroatoms. The van der Waals surface area contributed by atoms with Crippen LogP contribution in [0.1, 0.15) is 84.2 Å². The third kappa shape index (κ3) is 9.59. The molecule has 3 unspecified atom stereocenters. The van der Waals surface area contributed by atoms with Gasteiger partial charge in [0, 0.05) is 60.7 Å². The van der Waals surface area contributed by atoms with Gasteiger partial charge in [-0.1, -0.05) is 39.8 Å². The fourth-order valence-corrected chi connectivity index (χ4v) is 8.00. The minimum Gasteiger partial charge on any atom is -0.508 e. The van der Waals surface area contributed by atoms with E-state index < -0.39 is 17.5 Å². The van der Waals surface area contributed by atoms with Crippen molar-refractivity contribution in [3.8, 4) is 28.1 Å². The number of ether oxygens (including phenoxy) is 2. The minimum absolute atomic E-state index is 0.00963. The highest BCUT2D eigenvalue weighted by molar-refractivity contribution is 5.95. The summed E-state index contributed by atoms with van der Waals surface area (Å²) in [6.07, 6.45) is 4.13. The first-order valence-electron chi connectivity index (χ1n) is 19.8. The molecule has 0 bridgehead atoms. The third-order valence-electron chi connectivity index (χ3n) is 10.8. The first kappa shape index (κ1) is 42.4. The molecule has 3 heterocycles. The van der Waals surface area contributed by atoms with Gasteiger partial charge in [0.25, 0.3) is 12.4 Å². The Labute approximate surface area is 331 Å². The van der Waals surface area contributed by atoms with Gasteiger partial charge in [-0.15, -0.1) is 0 Å². The summed E-state index contributed by atoms with van der Waals surface area (Å²) in [5.74, 6) is -0.400. The number of phenols is 1. The molecule has 5 rings (SSSR count). The summed E-state index contributed by atoms with van der Waals surface area (Å²) >= 11 is 0. The summed E-state index contributed by atoms with van der Waals surface area (Å²) in [6, 6.07) is 14.5. The van der Waals surface area contributed by atoms with Crippen LogP contribution in [0, 0.1) is 11.3 Å². The molecule has 4 aromatic rings. The lowest BCUT2D eigenvalue weighted by molar-refractivity contribution is -0.141. The van der Waals surface area contributed by atoms with Crippen LogP contribution in [0.4, 0.5) is 0 Å². The molecular weight excluding hydrogens is 709 g/mol. The second kappa shape index (κ2) is 18.4. The van der Waals surface area contributed by atoms with E-state index >= 15 is 0 Å². The van der Waals surface area contributed by atoms with E-state index in [9.17, 15) is 19.5 Å². The van der Waals surface area contributed by atoms with Crippen LogP contribution >= 0.6 is 0 Å². The topological polar surface area (TPSA) is 147 Å². The molecular formula is C44H60N6O6. The zero-order chi connectivity index (χ0) is 40.7. The lowest BCUT2D eigenvalue weighted by Gasteiger charge is -2.35. The van der Waals surface area contributed by atoms with Crippen molar-refractivity contribution in [3.63, 3.8) is 0 Å². The van der Waals surface area contributed by atoms with Gasteiger partial charge < -0.3 is 29.8 Å². The van der Waals surface area contributed by atoms with Crippen molar-refractivity contribution >= 4 is 29.2 Å². The predicted molar refractivity (Wildman–Crippen MR) is 220 cm³/mol. The molecule has 2 aromatic carbocycles. The maximum absolute atomic E-state index is 14.1. The minimum atomic E-state index is -0.862. The van der Waals surface area contributed by atoms with E-state index in [0.29, 0.717) is 31.5 Å². The number of hydrazine groups is 1. The van der Waals surface area contributed by atoms with E-state index in [1.54, 1.807) is 37.5 Å². The molecule has 0 spiro atoms. The van der Waals surface area contributed by atoms with E-state index in [-0.39, 0.29) is 48.7 Å². The molecule has 1 saturated heterocycles. The lowest BCUT2D eigenvalue weighted by atomic mass is 9.84. The van der Waals surface area contributed by atoms with Crippen LogP contribution in [0.25, 0.3) is 33.3 Å². The van der Waals surface area contributed by atoms with E-state index in [1.165, 1.54) is 0 Å². The highest BCUT2D eigenvalue weighted by Crippen LogP contribution is 2.42. The standard InChI is InChI=1S/C44H60N6O6/c1-10-49-38-16-15-31(23-35(38)36(24-44(6,7)25-56-26-51)41(49)34-14-11-17-46-40(34)29(5)55-9)32-19-30(20-33(52)22-32)21-37(47-42(53)39(45-8)27(2)3)43(54)50-18-12-13-28(4)48-50/h11,14-17,19-20,22-23,26-29,37,39,45,48,52H,10,12-13,18,21,24-25H2,1-9H3,(H,47,53)/t28-,29?,37?,39?/m1/s1. The summed E-state index contributed by atoms with van der Waals surface area (Å²) in [6.45, 7) is 16.2. The maximum Gasteiger partial charge on any atom is 0.293 e. The number of carbonyl (C=O) groups excluding carboxylic acids is 3. The van der Waals surface area contributed by atoms with E-state index in [4.69, 9.17) is 14.5 Å². The number of methoxy groups -OCH3 is 1. The first-order valence-corrected chi connectivity index (χ1v) is 19.8. The Bertz CT molecular complexity index is 2010. The number of rotatable bonds is 17. The molecule has 12 nitrogen and oxygen atoms in total. The number of amides is 2. The maximum atomic E-state index is 14.1. The number of carbonyl (C=O) groups is 3. The van der Waals surface area contributed by atoms with Crippen LogP contribution in [-0.2, 0) is 43.2 Å². The SMILES string of the molecule is CCn1c(-c2cccnc2C(C)OC)c(CC(C)(C)COC=O)c2cc(-c3cc(O)cc(CC(NC(=O)C(NC)C(C)C)C(=O)N4CCC[C@@H](C)N4)c3)ccc21. The van der Waals surface area contributed by atoms with Gasteiger partial charge in [0.2, 0.25) is 5.91 Å². The van der Waals surface area contributed by atoms with Gasteiger partial charge >= 0.3 is 0 Å². The zero-order valence-corrected chi connectivity index (χ0v) is 34.4. The Morgan fingerprint density at radius 2 is 1.89 bits per heavy atom. The smallest absolute Gasteiger partial charge is 0.293 e. The van der Waals surface area contributed by atoms with Crippen molar-refractivity contribution in [1.82, 2.24) is 30.6 Å². The molecule has 1 aliphatic heterocycles. The largest absolute Gasteiger partial charge is 0.508 e. The average Bonchev–Trinajstić information content (AvgIpc) is 3.47. The molecule has 1 aliphatic rings. The zero-order valence-electron chi connectivity index (χ0n) is 34.4. The Morgan fingerprint density at radius 1 is 1.12 bits per heavy atom. The summed E-state index contributed by atoms with van der Waals surface area (Å²) in [7, 11) is 3.42. The van der Waals surface area contributed by atoms with Gasteiger partial charge in [-0.3, -0.25) is 24.4 Å². The van der Waals surface area contributed by atoms with Gasteiger partial charge in [-0.25, -0.2) is 5.43 Å². The van der Waals surface area contributed by atoms with Crippen molar-refractivity contribution < 1.29 is 29.0 Å². The second-order valence-corrected chi connectivity index (χ2v) is 16.2. The van der Waals surface area contributed by atoms with Crippen LogP contribution < -0.4 is 16.1 Å². The van der Waals surface area contributed by atoms with Crippen LogP contribution in [-0.4, -0.2) is 83.4 Å². The molecule has 4 atom stereocenters. The number of nitrogens with one attached hydrogen (secondary N) is 3. The molecule has 2 amide bonds. The first-order chi connectivity index (χ1) is 26.7. The number of fused-ring (bicyclic) bond motifs is 1. The third-order valence-corrected chi connectivity index (χ3v) is 10.8. The predicted octanol–water partition coefficient (Wildman–Crippen LogP) is 6.33. The number of likely N-dealkylation sites (N-methyl/N-ethyl adjacent to an activating group) is 1. The van der Waals surface area contributed by atoms with Crippen LogP contribution in [0.5, 0.6) is 5.75 Å². The van der Waals surface area contributed by atoms with Crippen molar-refractivity contribution in [2.45, 2.75) is 105 Å². The highest BCUT2D eigenvalue weighted by Gasteiger charge is 2.32. The molecule has 4 N–H and O–H groups in total. The van der Waals surface area contributed by atoms with Crippen molar-refractivity contribution in [3.05, 3.63) is 71.5 Å². The van der Waals surface area contributed by atoms with Gasteiger partial charge in [0.1, 0.15) is 11.8 Å². The Hall–Kier alpha value is -4.78. The van der Waals surface area contributed by atoms with Crippen LogP contribution in [0.3, 0.4) is 0 Å². The fourth-order valence-electron chi connectivity index (χ4n) is 8.00. The summed E-state index contributed by atoms with van der Waals surface area (Å²) < 4.78 is 13.4. The summed E-state index contributed by atoms with van der Waals surface area (Å²) in [5, 5.41) is 19.9. The van der Waals surface area contributed by atoms with Gasteiger partial charge in [0.05, 0.1) is 30.1 Å². The number of benzene rings is 2. The Kier molecular flexibility index (Phi) is 14.0. The van der Waals surface area contributed by atoms with Crippen molar-refractivity contribution in [1.29, 1.82) is 0 Å². The number of aryl methyl sites for hydroxylation is 1. The second-order valence-electron chi connectivity index (χ2n) is 16.2. The summed E-state index contributed by atoms with van der Waals surface area (Å²) in [5.41, 5.74) is 10.2. The van der Waals surface area contributed by atoms with Gasteiger partial charge in [-0.2, -0.15) is 0 Å². The monoisotopic (exact) mass is 768 g/mol. The fraction of sp³-hybridized carbons (Fsp3) is 0.500. The van der Waals surface area contributed by atoms with Gasteiger partial charge in [0.15, 0.2) is 0 Å². The highest BCUT2D eigenvalue weighted by atomic mass is 16.5. The number of nitrogens with zero attached hydrogens (tertiary/aromatic N) is 3. The number of hydrogen-bond acceptors (Lipinski definition) is 9. The molecule has 302 valence electrons. The van der Waals surface area contributed by atoms with Crippen LogP contribution in [0.2, 0.25) is 0 Å². The number of aromatic nitrogens is 2. The normalized spacial score (nSPS) is 16.5. The number of phenolic OH excluding ortho intramolecular Hbond substituents is 1. The molecule has 56 heavy (non-hydrogen) atoms. The van der Waals surface area contributed by atoms with E-state index in [2.05, 4.69) is 59.6 Å². The lowest BCUT2D eigenvalue weighted by Crippen LogP contribution is -2.60. The van der Waals surface area contributed by atoms with Crippen LogP contribution in [0.15, 0.2) is 54.7 Å². The molecule has 0 saturated carbocycles. The molecule has 0 aliphatic carbocycles. The van der Waals surface area contributed by atoms with E-state index in [0.717, 1.165) is 57.4 Å².